The van der Waals surface area contributed by atoms with E-state index in [0.717, 1.165) is 12.0 Å². The van der Waals surface area contributed by atoms with Crippen molar-refractivity contribution in [1.82, 2.24) is 15.1 Å². The molecular weight excluding hydrogens is 266 g/mol. The van der Waals surface area contributed by atoms with Crippen molar-refractivity contribution in [3.05, 3.63) is 35.9 Å². The normalized spacial score (nSPS) is 19.3. The van der Waals surface area contributed by atoms with E-state index in [1.807, 2.05) is 51.1 Å². The second kappa shape index (κ2) is 6.16. The zero-order chi connectivity index (χ0) is 15.5. The van der Waals surface area contributed by atoms with E-state index in [0.29, 0.717) is 19.6 Å². The average Bonchev–Trinajstić information content (AvgIpc) is 2.45. The standard InChI is InChI=1S/C16H23N3O2/c1-16(2,3)17-15(21)18-9-10-19(12-20)14(11-18)13-7-5-4-6-8-13/h4-8,12,14H,9-11H2,1-3H3,(H,17,21). The lowest BCUT2D eigenvalue weighted by molar-refractivity contribution is -0.122. The van der Waals surface area contributed by atoms with Crippen LogP contribution in [-0.4, -0.2) is 47.4 Å². The smallest absolute Gasteiger partial charge is 0.317 e. The highest BCUT2D eigenvalue weighted by molar-refractivity contribution is 5.75. The lowest BCUT2D eigenvalue weighted by atomic mass is 10.0. The maximum Gasteiger partial charge on any atom is 0.317 e. The Labute approximate surface area is 125 Å². The van der Waals surface area contributed by atoms with Crippen LogP contribution >= 0.6 is 0 Å². The van der Waals surface area contributed by atoms with Crippen molar-refractivity contribution in [2.75, 3.05) is 19.6 Å². The molecule has 0 saturated carbocycles. The van der Waals surface area contributed by atoms with Crippen molar-refractivity contribution >= 4 is 12.4 Å². The number of urea groups is 1. The third-order valence-electron chi connectivity index (χ3n) is 3.51. The zero-order valence-electron chi connectivity index (χ0n) is 12.9. The maximum atomic E-state index is 12.3. The second-order valence-corrected chi connectivity index (χ2v) is 6.40. The van der Waals surface area contributed by atoms with Gasteiger partial charge in [-0.25, -0.2) is 4.79 Å². The molecule has 0 aliphatic carbocycles. The van der Waals surface area contributed by atoms with Crippen molar-refractivity contribution in [2.24, 2.45) is 0 Å². The largest absolute Gasteiger partial charge is 0.335 e. The Morgan fingerprint density at radius 2 is 1.90 bits per heavy atom. The first-order valence-corrected chi connectivity index (χ1v) is 7.24. The third kappa shape index (κ3) is 3.97. The molecular formula is C16H23N3O2. The summed E-state index contributed by atoms with van der Waals surface area (Å²) in [5, 5.41) is 2.97. The van der Waals surface area contributed by atoms with Crippen LogP contribution < -0.4 is 5.32 Å². The predicted molar refractivity (Wildman–Crippen MR) is 81.8 cm³/mol. The molecule has 2 rings (SSSR count). The highest BCUT2D eigenvalue weighted by atomic mass is 16.2. The van der Waals surface area contributed by atoms with Crippen LogP contribution in [0.15, 0.2) is 30.3 Å². The summed E-state index contributed by atoms with van der Waals surface area (Å²) in [6.45, 7) is 7.51. The second-order valence-electron chi connectivity index (χ2n) is 6.40. The van der Waals surface area contributed by atoms with Crippen LogP contribution in [0.4, 0.5) is 4.79 Å². The Balaban J connectivity index is 2.12. The molecule has 1 saturated heterocycles. The molecule has 1 fully saturated rings. The average molecular weight is 289 g/mol. The lowest BCUT2D eigenvalue weighted by Gasteiger charge is -2.40. The highest BCUT2D eigenvalue weighted by Crippen LogP contribution is 2.24. The Morgan fingerprint density at radius 3 is 2.48 bits per heavy atom. The van der Waals surface area contributed by atoms with Gasteiger partial charge >= 0.3 is 6.03 Å². The summed E-state index contributed by atoms with van der Waals surface area (Å²) >= 11 is 0. The molecule has 3 amide bonds. The summed E-state index contributed by atoms with van der Waals surface area (Å²) in [5.74, 6) is 0. The zero-order valence-corrected chi connectivity index (χ0v) is 12.9. The van der Waals surface area contributed by atoms with Gasteiger partial charge in [-0.1, -0.05) is 30.3 Å². The van der Waals surface area contributed by atoms with E-state index in [4.69, 9.17) is 0 Å². The van der Waals surface area contributed by atoms with Gasteiger partial charge in [-0.05, 0) is 26.3 Å². The van der Waals surface area contributed by atoms with Gasteiger partial charge in [0.05, 0.1) is 6.04 Å². The minimum absolute atomic E-state index is 0.0750. The van der Waals surface area contributed by atoms with Gasteiger partial charge in [0.1, 0.15) is 0 Å². The Hall–Kier alpha value is -2.04. The van der Waals surface area contributed by atoms with E-state index < -0.39 is 0 Å². The van der Waals surface area contributed by atoms with E-state index in [-0.39, 0.29) is 17.6 Å². The number of benzene rings is 1. The van der Waals surface area contributed by atoms with Crippen molar-refractivity contribution in [3.8, 4) is 0 Å². The van der Waals surface area contributed by atoms with Gasteiger partial charge in [-0.2, -0.15) is 0 Å². The Kier molecular flexibility index (Phi) is 4.50. The van der Waals surface area contributed by atoms with Gasteiger partial charge in [0, 0.05) is 25.2 Å². The topological polar surface area (TPSA) is 52.7 Å². The summed E-state index contributed by atoms with van der Waals surface area (Å²) in [4.78, 5) is 27.1. The number of carbonyl (C=O) groups excluding carboxylic acids is 2. The van der Waals surface area contributed by atoms with Crippen LogP contribution in [0.3, 0.4) is 0 Å². The van der Waals surface area contributed by atoms with Crippen molar-refractivity contribution in [1.29, 1.82) is 0 Å². The molecule has 0 bridgehead atoms. The lowest BCUT2D eigenvalue weighted by Crippen LogP contribution is -2.55. The minimum Gasteiger partial charge on any atom is -0.335 e. The highest BCUT2D eigenvalue weighted by Gasteiger charge is 2.30. The summed E-state index contributed by atoms with van der Waals surface area (Å²) < 4.78 is 0. The number of hydrogen-bond donors (Lipinski definition) is 1. The number of piperazine rings is 1. The fraction of sp³-hybridized carbons (Fsp3) is 0.500. The number of hydrogen-bond acceptors (Lipinski definition) is 2. The van der Waals surface area contributed by atoms with Crippen molar-refractivity contribution in [3.63, 3.8) is 0 Å². The van der Waals surface area contributed by atoms with Crippen LogP contribution in [0, 0.1) is 0 Å². The van der Waals surface area contributed by atoms with Crippen molar-refractivity contribution < 1.29 is 9.59 Å². The molecule has 5 heteroatoms. The number of nitrogens with zero attached hydrogens (tertiary/aromatic N) is 2. The number of amides is 3. The number of rotatable bonds is 2. The molecule has 1 aromatic rings. The van der Waals surface area contributed by atoms with Gasteiger partial charge in [0.15, 0.2) is 0 Å². The van der Waals surface area contributed by atoms with Gasteiger partial charge < -0.3 is 15.1 Å². The first-order chi connectivity index (χ1) is 9.90. The number of nitrogens with one attached hydrogen (secondary N) is 1. The molecule has 0 spiro atoms. The van der Waals surface area contributed by atoms with E-state index in [9.17, 15) is 9.59 Å². The molecule has 21 heavy (non-hydrogen) atoms. The van der Waals surface area contributed by atoms with E-state index in [1.54, 1.807) is 9.80 Å². The molecule has 1 aliphatic heterocycles. The predicted octanol–water partition coefficient (Wildman–Crippen LogP) is 2.01. The van der Waals surface area contributed by atoms with E-state index in [2.05, 4.69) is 5.32 Å². The van der Waals surface area contributed by atoms with E-state index in [1.165, 1.54) is 0 Å². The molecule has 5 nitrogen and oxygen atoms in total. The molecule has 0 radical (unpaired) electrons. The summed E-state index contributed by atoms with van der Waals surface area (Å²) in [7, 11) is 0. The SMILES string of the molecule is CC(C)(C)NC(=O)N1CCN(C=O)C(c2ccccc2)C1. The molecule has 114 valence electrons. The molecule has 1 aromatic carbocycles. The number of carbonyl (C=O) groups is 2. The third-order valence-corrected chi connectivity index (χ3v) is 3.51. The van der Waals surface area contributed by atoms with Crippen LogP contribution in [0.2, 0.25) is 0 Å². The fourth-order valence-corrected chi connectivity index (χ4v) is 2.48. The van der Waals surface area contributed by atoms with Crippen LogP contribution in [0.25, 0.3) is 0 Å². The quantitative estimate of drug-likeness (QED) is 0.847. The Bertz CT molecular complexity index is 496. The first-order valence-electron chi connectivity index (χ1n) is 7.24. The minimum atomic E-state index is -0.263. The first kappa shape index (κ1) is 15.4. The molecule has 1 aliphatic rings. The molecule has 0 aromatic heterocycles. The molecule has 1 N–H and O–H groups in total. The van der Waals surface area contributed by atoms with Crippen LogP contribution in [-0.2, 0) is 4.79 Å². The van der Waals surface area contributed by atoms with Crippen LogP contribution in [0.5, 0.6) is 0 Å². The van der Waals surface area contributed by atoms with Gasteiger partial charge in [0.2, 0.25) is 6.41 Å². The fourth-order valence-electron chi connectivity index (χ4n) is 2.48. The summed E-state index contributed by atoms with van der Waals surface area (Å²) in [5.41, 5.74) is 0.791. The maximum absolute atomic E-state index is 12.3. The monoisotopic (exact) mass is 289 g/mol. The molecule has 1 unspecified atom stereocenters. The summed E-state index contributed by atoms with van der Waals surface area (Å²) in [6.07, 6.45) is 0.872. The van der Waals surface area contributed by atoms with Gasteiger partial charge in [-0.15, -0.1) is 0 Å². The summed E-state index contributed by atoms with van der Waals surface area (Å²) in [6, 6.07) is 9.68. The molecule has 1 heterocycles. The Morgan fingerprint density at radius 1 is 1.24 bits per heavy atom. The van der Waals surface area contributed by atoms with Crippen molar-refractivity contribution in [2.45, 2.75) is 32.4 Å². The van der Waals surface area contributed by atoms with E-state index >= 15 is 0 Å². The van der Waals surface area contributed by atoms with Gasteiger partial charge in [-0.3, -0.25) is 4.79 Å². The van der Waals surface area contributed by atoms with Gasteiger partial charge in [0.25, 0.3) is 0 Å². The molecule has 1 atom stereocenters. The van der Waals surface area contributed by atoms with Crippen LogP contribution in [0.1, 0.15) is 32.4 Å².